The average molecular weight is 354 g/mol. The smallest absolute Gasteiger partial charge is 0.433 e. The van der Waals surface area contributed by atoms with Gasteiger partial charge in [0.2, 0.25) is 0 Å². The minimum Gasteiger partial charge on any atom is -0.493 e. The van der Waals surface area contributed by atoms with Gasteiger partial charge in [-0.3, -0.25) is 4.79 Å². The van der Waals surface area contributed by atoms with Crippen LogP contribution in [0.5, 0.6) is 11.5 Å². The van der Waals surface area contributed by atoms with E-state index in [-0.39, 0.29) is 17.8 Å². The summed E-state index contributed by atoms with van der Waals surface area (Å²) >= 11 is 0. The molecular weight excluding hydrogens is 337 g/mol. The van der Waals surface area contributed by atoms with Crippen molar-refractivity contribution >= 4 is 5.91 Å². The summed E-state index contributed by atoms with van der Waals surface area (Å²) in [6.07, 6.45) is -4.55. The average Bonchev–Trinajstić information content (AvgIpc) is 2.58. The number of carbonyl (C=O) groups is 1. The van der Waals surface area contributed by atoms with Crippen molar-refractivity contribution in [3.63, 3.8) is 0 Å². The van der Waals surface area contributed by atoms with E-state index in [1.807, 2.05) is 0 Å². The number of rotatable bonds is 5. The highest BCUT2D eigenvalue weighted by Gasteiger charge is 2.33. The molecule has 1 aromatic carbocycles. The van der Waals surface area contributed by atoms with Crippen molar-refractivity contribution in [1.29, 1.82) is 0 Å². The lowest BCUT2D eigenvalue weighted by atomic mass is 10.1. The fraction of sp³-hybridized carbons (Fsp3) is 0.294. The van der Waals surface area contributed by atoms with Gasteiger partial charge in [-0.2, -0.15) is 13.2 Å². The Balaban J connectivity index is 2.16. The van der Waals surface area contributed by atoms with Crippen molar-refractivity contribution in [2.75, 3.05) is 14.2 Å². The van der Waals surface area contributed by atoms with Gasteiger partial charge in [0.25, 0.3) is 5.91 Å². The third-order valence-electron chi connectivity index (χ3n) is 3.54. The molecule has 0 aliphatic heterocycles. The first-order chi connectivity index (χ1) is 11.8. The standard InChI is InChI=1S/C17H17F3N2O3/c1-10-12(7-8-14(22-10)17(18,19)20)16(23)21-9-11-5-4-6-13(24-2)15(11)25-3/h4-8H,9H2,1-3H3,(H,21,23). The number of amides is 1. The maximum atomic E-state index is 12.6. The topological polar surface area (TPSA) is 60.5 Å². The van der Waals surface area contributed by atoms with Gasteiger partial charge in [0.1, 0.15) is 5.69 Å². The number of nitrogens with one attached hydrogen (secondary N) is 1. The number of alkyl halides is 3. The zero-order valence-corrected chi connectivity index (χ0v) is 13.9. The van der Waals surface area contributed by atoms with Crippen LogP contribution in [-0.4, -0.2) is 25.1 Å². The normalized spacial score (nSPS) is 11.1. The van der Waals surface area contributed by atoms with Gasteiger partial charge < -0.3 is 14.8 Å². The Bertz CT molecular complexity index is 776. The number of hydrogen-bond acceptors (Lipinski definition) is 4. The van der Waals surface area contributed by atoms with E-state index < -0.39 is 17.8 Å². The summed E-state index contributed by atoms with van der Waals surface area (Å²) in [6, 6.07) is 7.11. The summed E-state index contributed by atoms with van der Waals surface area (Å²) < 4.78 is 48.4. The van der Waals surface area contributed by atoms with Crippen LogP contribution in [0.25, 0.3) is 0 Å². The van der Waals surface area contributed by atoms with Crippen LogP contribution >= 0.6 is 0 Å². The van der Waals surface area contributed by atoms with Crippen LogP contribution < -0.4 is 14.8 Å². The van der Waals surface area contributed by atoms with Crippen molar-refractivity contribution in [2.24, 2.45) is 0 Å². The van der Waals surface area contributed by atoms with Crippen LogP contribution in [-0.2, 0) is 12.7 Å². The molecule has 0 spiro atoms. The minimum atomic E-state index is -4.55. The van der Waals surface area contributed by atoms with Gasteiger partial charge in [0.05, 0.1) is 25.5 Å². The molecule has 0 atom stereocenters. The Labute approximate surface area is 142 Å². The van der Waals surface area contributed by atoms with Crippen LogP contribution in [0.3, 0.4) is 0 Å². The molecule has 0 bridgehead atoms. The first-order valence-electron chi connectivity index (χ1n) is 7.30. The largest absolute Gasteiger partial charge is 0.493 e. The fourth-order valence-electron chi connectivity index (χ4n) is 2.32. The molecule has 1 amide bonds. The van der Waals surface area contributed by atoms with Crippen molar-refractivity contribution in [1.82, 2.24) is 10.3 Å². The van der Waals surface area contributed by atoms with Gasteiger partial charge in [-0.25, -0.2) is 4.98 Å². The molecule has 134 valence electrons. The Kier molecular flexibility index (Phi) is 5.51. The monoisotopic (exact) mass is 354 g/mol. The van der Waals surface area contributed by atoms with Crippen molar-refractivity contribution in [2.45, 2.75) is 19.6 Å². The predicted octanol–water partition coefficient (Wildman–Crippen LogP) is 3.36. The van der Waals surface area contributed by atoms with Crippen LogP contribution in [0.4, 0.5) is 13.2 Å². The lowest BCUT2D eigenvalue weighted by molar-refractivity contribution is -0.141. The molecule has 2 aromatic rings. The molecular formula is C17H17F3N2O3. The van der Waals surface area contributed by atoms with Crippen LogP contribution in [0, 0.1) is 6.92 Å². The first-order valence-corrected chi connectivity index (χ1v) is 7.30. The number of methoxy groups -OCH3 is 2. The molecule has 0 aliphatic rings. The second kappa shape index (κ2) is 7.42. The van der Waals surface area contributed by atoms with E-state index in [2.05, 4.69) is 10.3 Å². The van der Waals surface area contributed by atoms with Gasteiger partial charge in [0.15, 0.2) is 11.5 Å². The fourth-order valence-corrected chi connectivity index (χ4v) is 2.32. The molecule has 1 aromatic heterocycles. The van der Waals surface area contributed by atoms with Gasteiger partial charge in [-0.15, -0.1) is 0 Å². The number of ether oxygens (including phenoxy) is 2. The number of para-hydroxylation sites is 1. The molecule has 0 saturated carbocycles. The zero-order valence-electron chi connectivity index (χ0n) is 13.9. The highest BCUT2D eigenvalue weighted by atomic mass is 19.4. The molecule has 0 aliphatic carbocycles. The number of halogens is 3. The van der Waals surface area contributed by atoms with E-state index in [9.17, 15) is 18.0 Å². The van der Waals surface area contributed by atoms with Crippen LogP contribution in [0.1, 0.15) is 27.3 Å². The quantitative estimate of drug-likeness (QED) is 0.895. The lowest BCUT2D eigenvalue weighted by Crippen LogP contribution is -2.25. The summed E-state index contributed by atoms with van der Waals surface area (Å²) in [7, 11) is 2.98. The maximum Gasteiger partial charge on any atom is 0.433 e. The van der Waals surface area contributed by atoms with Gasteiger partial charge in [-0.1, -0.05) is 12.1 Å². The SMILES string of the molecule is COc1cccc(CNC(=O)c2ccc(C(F)(F)F)nc2C)c1OC. The van der Waals surface area contributed by atoms with E-state index in [1.54, 1.807) is 18.2 Å². The van der Waals surface area contributed by atoms with Gasteiger partial charge in [0, 0.05) is 12.1 Å². The Morgan fingerprint density at radius 2 is 1.88 bits per heavy atom. The molecule has 2 rings (SSSR count). The minimum absolute atomic E-state index is 0.00457. The van der Waals surface area contributed by atoms with E-state index in [0.29, 0.717) is 17.1 Å². The molecule has 25 heavy (non-hydrogen) atoms. The highest BCUT2D eigenvalue weighted by molar-refractivity contribution is 5.95. The van der Waals surface area contributed by atoms with Gasteiger partial charge >= 0.3 is 6.18 Å². The summed E-state index contributed by atoms with van der Waals surface area (Å²) in [5.41, 5.74) is -0.275. The molecule has 1 heterocycles. The number of carbonyl (C=O) groups excluding carboxylic acids is 1. The summed E-state index contributed by atoms with van der Waals surface area (Å²) in [5.74, 6) is 0.470. The number of aryl methyl sites for hydroxylation is 1. The molecule has 5 nitrogen and oxygen atoms in total. The molecule has 0 unspecified atom stereocenters. The molecule has 0 fully saturated rings. The van der Waals surface area contributed by atoms with Gasteiger partial charge in [-0.05, 0) is 25.1 Å². The van der Waals surface area contributed by atoms with E-state index in [0.717, 1.165) is 12.1 Å². The first kappa shape index (κ1) is 18.6. The van der Waals surface area contributed by atoms with Crippen molar-refractivity contribution in [3.05, 3.63) is 52.8 Å². The van der Waals surface area contributed by atoms with E-state index in [4.69, 9.17) is 9.47 Å². The number of aromatic nitrogens is 1. The number of hydrogen-bond donors (Lipinski definition) is 1. The third kappa shape index (κ3) is 4.20. The summed E-state index contributed by atoms with van der Waals surface area (Å²) in [6.45, 7) is 1.48. The van der Waals surface area contributed by atoms with Crippen LogP contribution in [0.2, 0.25) is 0 Å². The molecule has 1 N–H and O–H groups in total. The Hall–Kier alpha value is -2.77. The Morgan fingerprint density at radius 3 is 2.44 bits per heavy atom. The molecule has 8 heteroatoms. The second-order valence-corrected chi connectivity index (χ2v) is 5.16. The van der Waals surface area contributed by atoms with Crippen LogP contribution in [0.15, 0.2) is 30.3 Å². The summed E-state index contributed by atoms with van der Waals surface area (Å²) in [5, 5.41) is 2.64. The predicted molar refractivity (Wildman–Crippen MR) is 84.7 cm³/mol. The lowest BCUT2D eigenvalue weighted by Gasteiger charge is -2.14. The number of benzene rings is 1. The highest BCUT2D eigenvalue weighted by Crippen LogP contribution is 2.31. The number of pyridine rings is 1. The third-order valence-corrected chi connectivity index (χ3v) is 3.54. The second-order valence-electron chi connectivity index (χ2n) is 5.16. The van der Waals surface area contributed by atoms with E-state index >= 15 is 0 Å². The molecule has 0 saturated heterocycles. The zero-order chi connectivity index (χ0) is 18.6. The van der Waals surface area contributed by atoms with Crippen molar-refractivity contribution in [3.8, 4) is 11.5 Å². The Morgan fingerprint density at radius 1 is 1.16 bits per heavy atom. The van der Waals surface area contributed by atoms with Crippen molar-refractivity contribution < 1.29 is 27.4 Å². The summed E-state index contributed by atoms with van der Waals surface area (Å²) in [4.78, 5) is 15.7. The van der Waals surface area contributed by atoms with E-state index in [1.165, 1.54) is 21.1 Å². The maximum absolute atomic E-state index is 12.6. The number of nitrogens with zero attached hydrogens (tertiary/aromatic N) is 1. The molecule has 0 radical (unpaired) electrons.